The van der Waals surface area contributed by atoms with E-state index in [1.807, 2.05) is 36.4 Å². The Balaban J connectivity index is 0.00000208. The first-order chi connectivity index (χ1) is 11.2. The van der Waals surface area contributed by atoms with Gasteiger partial charge < -0.3 is 14.8 Å². The number of halogens is 3. The summed E-state index contributed by atoms with van der Waals surface area (Å²) in [5.74, 6) is 1.22. The Kier molecular flexibility index (Phi) is 7.05. The van der Waals surface area contributed by atoms with E-state index < -0.39 is 0 Å². The van der Waals surface area contributed by atoms with Gasteiger partial charge in [-0.15, -0.1) is 12.4 Å². The van der Waals surface area contributed by atoms with Crippen LogP contribution < -0.4 is 14.8 Å². The Morgan fingerprint density at radius 1 is 1.08 bits per heavy atom. The van der Waals surface area contributed by atoms with E-state index in [4.69, 9.17) is 32.7 Å². The van der Waals surface area contributed by atoms with Crippen molar-refractivity contribution in [3.8, 4) is 11.5 Å². The molecule has 0 bridgehead atoms. The molecular weight excluding hydrogens is 369 g/mol. The summed E-state index contributed by atoms with van der Waals surface area (Å²) in [5, 5.41) is 4.73. The number of methoxy groups -OCH3 is 1. The molecule has 0 unspecified atom stereocenters. The van der Waals surface area contributed by atoms with Crippen molar-refractivity contribution in [3.05, 3.63) is 57.6 Å². The minimum absolute atomic E-state index is 0. The molecule has 24 heavy (non-hydrogen) atoms. The van der Waals surface area contributed by atoms with Crippen LogP contribution in [0.5, 0.6) is 11.5 Å². The van der Waals surface area contributed by atoms with Crippen LogP contribution in [0, 0.1) is 0 Å². The van der Waals surface area contributed by atoms with Gasteiger partial charge in [0.25, 0.3) is 0 Å². The van der Waals surface area contributed by atoms with E-state index in [1.165, 1.54) is 12.8 Å². The molecule has 0 atom stereocenters. The summed E-state index contributed by atoms with van der Waals surface area (Å²) in [5.41, 5.74) is 2.12. The average molecular weight is 389 g/mol. The molecule has 1 aliphatic rings. The zero-order valence-electron chi connectivity index (χ0n) is 13.4. The molecule has 1 saturated carbocycles. The first kappa shape index (κ1) is 19.2. The third-order valence-electron chi connectivity index (χ3n) is 3.76. The highest BCUT2D eigenvalue weighted by Crippen LogP contribution is 2.37. The van der Waals surface area contributed by atoms with Crippen LogP contribution in [0.15, 0.2) is 36.4 Å². The van der Waals surface area contributed by atoms with Gasteiger partial charge in [0.1, 0.15) is 6.61 Å². The van der Waals surface area contributed by atoms with E-state index in [1.54, 1.807) is 7.11 Å². The molecule has 6 heteroatoms. The van der Waals surface area contributed by atoms with Gasteiger partial charge in [-0.2, -0.15) is 0 Å². The first-order valence-corrected chi connectivity index (χ1v) is 8.38. The highest BCUT2D eigenvalue weighted by molar-refractivity contribution is 6.32. The van der Waals surface area contributed by atoms with Gasteiger partial charge in [-0.1, -0.05) is 35.3 Å². The summed E-state index contributed by atoms with van der Waals surface area (Å²) < 4.78 is 11.3. The highest BCUT2D eigenvalue weighted by Gasteiger charge is 2.20. The smallest absolute Gasteiger partial charge is 0.180 e. The Morgan fingerprint density at radius 3 is 2.42 bits per heavy atom. The fourth-order valence-electron chi connectivity index (χ4n) is 2.30. The molecule has 1 fully saturated rings. The standard InChI is InChI=1S/C18H19Cl2NO2.ClH/c1-22-17-9-13(10-21-15-6-7-15)8-16(20)18(17)23-11-12-2-4-14(19)5-3-12;/h2-5,8-9,15,21H,6-7,10-11H2,1H3;1H. The molecule has 0 radical (unpaired) electrons. The van der Waals surface area contributed by atoms with E-state index in [-0.39, 0.29) is 12.4 Å². The van der Waals surface area contributed by atoms with E-state index >= 15 is 0 Å². The van der Waals surface area contributed by atoms with Crippen LogP contribution in [0.4, 0.5) is 0 Å². The molecule has 1 aliphatic carbocycles. The van der Waals surface area contributed by atoms with Gasteiger partial charge in [-0.25, -0.2) is 0 Å². The maximum Gasteiger partial charge on any atom is 0.180 e. The molecule has 1 N–H and O–H groups in total. The molecule has 130 valence electrons. The number of hydrogen-bond acceptors (Lipinski definition) is 3. The summed E-state index contributed by atoms with van der Waals surface area (Å²) in [6, 6.07) is 12.1. The molecular formula is C18H20Cl3NO2. The van der Waals surface area contributed by atoms with E-state index in [2.05, 4.69) is 5.32 Å². The topological polar surface area (TPSA) is 30.5 Å². The molecule has 2 aromatic carbocycles. The third kappa shape index (κ3) is 5.18. The number of rotatable bonds is 7. The van der Waals surface area contributed by atoms with Crippen molar-refractivity contribution in [2.75, 3.05) is 7.11 Å². The van der Waals surface area contributed by atoms with Crippen molar-refractivity contribution in [2.24, 2.45) is 0 Å². The van der Waals surface area contributed by atoms with Crippen LogP contribution in [0.2, 0.25) is 10.0 Å². The second-order valence-corrected chi connectivity index (χ2v) is 6.52. The molecule has 0 heterocycles. The first-order valence-electron chi connectivity index (χ1n) is 7.63. The van der Waals surface area contributed by atoms with Gasteiger partial charge in [-0.05, 0) is 48.2 Å². The Labute approximate surface area is 158 Å². The van der Waals surface area contributed by atoms with E-state index in [9.17, 15) is 0 Å². The molecule has 3 rings (SSSR count). The van der Waals surface area contributed by atoms with Gasteiger partial charge in [-0.3, -0.25) is 0 Å². The zero-order chi connectivity index (χ0) is 16.2. The summed E-state index contributed by atoms with van der Waals surface area (Å²) in [4.78, 5) is 0. The lowest BCUT2D eigenvalue weighted by atomic mass is 10.2. The van der Waals surface area contributed by atoms with Crippen LogP contribution in [-0.2, 0) is 13.2 Å². The fraction of sp³-hybridized carbons (Fsp3) is 0.333. The normalized spacial score (nSPS) is 13.3. The van der Waals surface area contributed by atoms with Crippen molar-refractivity contribution >= 4 is 35.6 Å². The monoisotopic (exact) mass is 387 g/mol. The average Bonchev–Trinajstić information content (AvgIpc) is 3.37. The summed E-state index contributed by atoms with van der Waals surface area (Å²) in [6.45, 7) is 1.20. The predicted octanol–water partition coefficient (Wildman–Crippen LogP) is 5.25. The van der Waals surface area contributed by atoms with Crippen LogP contribution in [0.3, 0.4) is 0 Å². The summed E-state index contributed by atoms with van der Waals surface area (Å²) in [7, 11) is 1.62. The number of benzene rings is 2. The van der Waals surface area contributed by atoms with E-state index in [0.717, 1.165) is 17.7 Å². The largest absolute Gasteiger partial charge is 0.493 e. The molecule has 0 aliphatic heterocycles. The van der Waals surface area contributed by atoms with Gasteiger partial charge in [0, 0.05) is 17.6 Å². The van der Waals surface area contributed by atoms with Crippen LogP contribution in [0.25, 0.3) is 0 Å². The number of nitrogens with one attached hydrogen (secondary N) is 1. The van der Waals surface area contributed by atoms with Crippen molar-refractivity contribution in [1.29, 1.82) is 0 Å². The van der Waals surface area contributed by atoms with E-state index in [0.29, 0.717) is 34.2 Å². The molecule has 0 spiro atoms. The zero-order valence-corrected chi connectivity index (χ0v) is 15.7. The van der Waals surface area contributed by atoms with Gasteiger partial charge >= 0.3 is 0 Å². The highest BCUT2D eigenvalue weighted by atomic mass is 35.5. The minimum Gasteiger partial charge on any atom is -0.493 e. The number of hydrogen-bond donors (Lipinski definition) is 1. The summed E-state index contributed by atoms with van der Waals surface area (Å²) in [6.07, 6.45) is 2.51. The summed E-state index contributed by atoms with van der Waals surface area (Å²) >= 11 is 12.3. The SMILES string of the molecule is COc1cc(CNC2CC2)cc(Cl)c1OCc1ccc(Cl)cc1.Cl. The molecule has 0 amide bonds. The number of ether oxygens (including phenoxy) is 2. The Hall–Kier alpha value is -1.13. The lowest BCUT2D eigenvalue weighted by molar-refractivity contribution is 0.284. The lowest BCUT2D eigenvalue weighted by Gasteiger charge is -2.14. The quantitative estimate of drug-likeness (QED) is 0.702. The van der Waals surface area contributed by atoms with Crippen molar-refractivity contribution < 1.29 is 9.47 Å². The van der Waals surface area contributed by atoms with Crippen LogP contribution >= 0.6 is 35.6 Å². The minimum atomic E-state index is 0. The molecule has 3 nitrogen and oxygen atoms in total. The van der Waals surface area contributed by atoms with Gasteiger partial charge in [0.05, 0.1) is 12.1 Å². The maximum atomic E-state index is 6.38. The van der Waals surface area contributed by atoms with Crippen molar-refractivity contribution in [1.82, 2.24) is 5.32 Å². The maximum absolute atomic E-state index is 6.38. The molecule has 0 aromatic heterocycles. The fourth-order valence-corrected chi connectivity index (χ4v) is 2.71. The second-order valence-electron chi connectivity index (χ2n) is 5.68. The van der Waals surface area contributed by atoms with Gasteiger partial charge in [0.15, 0.2) is 11.5 Å². The van der Waals surface area contributed by atoms with Crippen LogP contribution in [0.1, 0.15) is 24.0 Å². The Morgan fingerprint density at radius 2 is 1.79 bits per heavy atom. The molecule has 0 saturated heterocycles. The second kappa shape index (κ2) is 8.82. The third-order valence-corrected chi connectivity index (χ3v) is 4.29. The van der Waals surface area contributed by atoms with Crippen LogP contribution in [-0.4, -0.2) is 13.2 Å². The van der Waals surface area contributed by atoms with Crippen molar-refractivity contribution in [3.63, 3.8) is 0 Å². The van der Waals surface area contributed by atoms with Gasteiger partial charge in [0.2, 0.25) is 0 Å². The lowest BCUT2D eigenvalue weighted by Crippen LogP contribution is -2.15. The molecule has 2 aromatic rings. The van der Waals surface area contributed by atoms with Crippen molar-refractivity contribution in [2.45, 2.75) is 32.0 Å². The Bertz CT molecular complexity index is 673. The predicted molar refractivity (Wildman–Crippen MR) is 101 cm³/mol.